The predicted molar refractivity (Wildman–Crippen MR) is 77.1 cm³/mol. The number of carbonyl (C=O) groups is 2. The Bertz CT molecular complexity index is 535. The highest BCUT2D eigenvalue weighted by Gasteiger charge is 2.36. The van der Waals surface area contributed by atoms with E-state index in [-0.39, 0.29) is 11.9 Å². The minimum atomic E-state index is -0.734. The first-order chi connectivity index (χ1) is 10.0. The molecule has 1 N–H and O–H groups in total. The standard InChI is InChI=1S/C14H17ClN2O4/c1-9(2)16-14(19)21-17-12(7-8-15)20-11-6-4-3-5-10(11)13(17)18/h3-6,9,12H,7-8H2,1-2H3,(H,16,19). The third-order valence-electron chi connectivity index (χ3n) is 2.79. The highest BCUT2D eigenvalue weighted by atomic mass is 35.5. The van der Waals surface area contributed by atoms with Gasteiger partial charge in [0.05, 0.1) is 5.56 Å². The van der Waals surface area contributed by atoms with Crippen LogP contribution in [0.4, 0.5) is 4.79 Å². The van der Waals surface area contributed by atoms with E-state index >= 15 is 0 Å². The molecule has 1 aliphatic heterocycles. The highest BCUT2D eigenvalue weighted by Crippen LogP contribution is 2.29. The zero-order chi connectivity index (χ0) is 15.4. The summed E-state index contributed by atoms with van der Waals surface area (Å²) in [5.74, 6) is 0.304. The van der Waals surface area contributed by atoms with Crippen LogP contribution in [-0.2, 0) is 4.84 Å². The largest absolute Gasteiger partial charge is 0.466 e. The fourth-order valence-electron chi connectivity index (χ4n) is 1.91. The van der Waals surface area contributed by atoms with E-state index in [9.17, 15) is 9.59 Å². The van der Waals surface area contributed by atoms with Gasteiger partial charge in [-0.3, -0.25) is 4.79 Å². The number of carbonyl (C=O) groups excluding carboxylic acids is 2. The number of halogens is 1. The summed E-state index contributed by atoms with van der Waals surface area (Å²) < 4.78 is 5.68. The van der Waals surface area contributed by atoms with Crippen LogP contribution in [0.2, 0.25) is 0 Å². The van der Waals surface area contributed by atoms with Crippen LogP contribution in [0.5, 0.6) is 5.75 Å². The van der Waals surface area contributed by atoms with Crippen molar-refractivity contribution in [3.8, 4) is 5.75 Å². The Hall–Kier alpha value is -1.95. The second-order valence-corrected chi connectivity index (χ2v) is 5.23. The minimum Gasteiger partial charge on any atom is -0.466 e. The molecule has 0 bridgehead atoms. The number of alkyl halides is 1. The third kappa shape index (κ3) is 3.58. The van der Waals surface area contributed by atoms with Crippen molar-refractivity contribution in [3.05, 3.63) is 29.8 Å². The molecule has 21 heavy (non-hydrogen) atoms. The van der Waals surface area contributed by atoms with Gasteiger partial charge in [-0.25, -0.2) is 4.79 Å². The zero-order valence-electron chi connectivity index (χ0n) is 11.8. The summed E-state index contributed by atoms with van der Waals surface area (Å²) in [6.07, 6.45) is -1.10. The molecule has 0 saturated carbocycles. The number of ether oxygens (including phenoxy) is 1. The van der Waals surface area contributed by atoms with Gasteiger partial charge in [0.15, 0.2) is 0 Å². The number of fused-ring (bicyclic) bond motifs is 1. The molecule has 114 valence electrons. The highest BCUT2D eigenvalue weighted by molar-refractivity contribution is 6.17. The van der Waals surface area contributed by atoms with E-state index in [2.05, 4.69) is 5.32 Å². The average molecular weight is 313 g/mol. The van der Waals surface area contributed by atoms with Crippen molar-refractivity contribution < 1.29 is 19.2 Å². The fourth-order valence-corrected chi connectivity index (χ4v) is 2.10. The van der Waals surface area contributed by atoms with Crippen molar-refractivity contribution >= 4 is 23.6 Å². The predicted octanol–water partition coefficient (Wildman–Crippen LogP) is 2.53. The molecule has 1 aliphatic rings. The second kappa shape index (κ2) is 6.67. The van der Waals surface area contributed by atoms with Gasteiger partial charge in [0.25, 0.3) is 5.91 Å². The Morgan fingerprint density at radius 3 is 2.86 bits per heavy atom. The number of hydrogen-bond acceptors (Lipinski definition) is 4. The molecule has 2 amide bonds. The van der Waals surface area contributed by atoms with Gasteiger partial charge < -0.3 is 14.9 Å². The first-order valence-electron chi connectivity index (χ1n) is 6.66. The Balaban J connectivity index is 2.20. The van der Waals surface area contributed by atoms with Crippen molar-refractivity contribution in [1.82, 2.24) is 10.4 Å². The summed E-state index contributed by atoms with van der Waals surface area (Å²) >= 11 is 5.72. The minimum absolute atomic E-state index is 0.0999. The van der Waals surface area contributed by atoms with Crippen LogP contribution in [-0.4, -0.2) is 35.2 Å². The zero-order valence-corrected chi connectivity index (χ0v) is 12.6. The van der Waals surface area contributed by atoms with Crippen LogP contribution < -0.4 is 10.1 Å². The lowest BCUT2D eigenvalue weighted by atomic mass is 10.1. The molecular formula is C14H17ClN2O4. The summed E-state index contributed by atoms with van der Waals surface area (Å²) in [5.41, 5.74) is 0.348. The van der Waals surface area contributed by atoms with Gasteiger partial charge in [0.2, 0.25) is 6.23 Å². The normalized spacial score (nSPS) is 17.2. The lowest BCUT2D eigenvalue weighted by molar-refractivity contribution is -0.156. The molecule has 1 unspecified atom stereocenters. The lowest BCUT2D eigenvalue weighted by Gasteiger charge is -2.34. The summed E-state index contributed by atoms with van der Waals surface area (Å²) in [4.78, 5) is 29.2. The van der Waals surface area contributed by atoms with Crippen molar-refractivity contribution in [2.45, 2.75) is 32.5 Å². The lowest BCUT2D eigenvalue weighted by Crippen LogP contribution is -2.50. The molecule has 0 fully saturated rings. The Morgan fingerprint density at radius 1 is 1.48 bits per heavy atom. The molecule has 2 rings (SSSR count). The number of para-hydroxylation sites is 1. The van der Waals surface area contributed by atoms with Crippen LogP contribution in [0.25, 0.3) is 0 Å². The van der Waals surface area contributed by atoms with Gasteiger partial charge in [-0.15, -0.1) is 16.7 Å². The van der Waals surface area contributed by atoms with Crippen LogP contribution in [0, 0.1) is 0 Å². The number of hydroxylamine groups is 2. The Labute approximate surface area is 127 Å². The van der Waals surface area contributed by atoms with Gasteiger partial charge in [-0.05, 0) is 26.0 Å². The molecule has 1 aromatic carbocycles. The van der Waals surface area contributed by atoms with E-state index in [1.54, 1.807) is 38.1 Å². The smallest absolute Gasteiger partial charge is 0.432 e. The molecule has 0 spiro atoms. The Morgan fingerprint density at radius 2 is 2.19 bits per heavy atom. The van der Waals surface area contributed by atoms with Crippen molar-refractivity contribution in [2.75, 3.05) is 5.88 Å². The van der Waals surface area contributed by atoms with E-state index in [1.165, 1.54) is 0 Å². The van der Waals surface area contributed by atoms with Crippen molar-refractivity contribution in [1.29, 1.82) is 0 Å². The first kappa shape index (κ1) is 15.4. The molecule has 0 radical (unpaired) electrons. The third-order valence-corrected chi connectivity index (χ3v) is 3.00. The summed E-state index contributed by atoms with van der Waals surface area (Å²) in [6.45, 7) is 3.59. The Kier molecular flexibility index (Phi) is 4.90. The van der Waals surface area contributed by atoms with E-state index in [0.717, 1.165) is 5.06 Å². The monoisotopic (exact) mass is 312 g/mol. The molecule has 6 nitrogen and oxygen atoms in total. The molecule has 1 atom stereocenters. The first-order valence-corrected chi connectivity index (χ1v) is 7.20. The molecule has 1 heterocycles. The van der Waals surface area contributed by atoms with Crippen LogP contribution in [0.3, 0.4) is 0 Å². The molecule has 0 aliphatic carbocycles. The van der Waals surface area contributed by atoms with Gasteiger partial charge in [0, 0.05) is 18.3 Å². The number of benzene rings is 1. The number of nitrogens with one attached hydrogen (secondary N) is 1. The maximum atomic E-state index is 12.4. The van der Waals surface area contributed by atoms with Crippen LogP contribution >= 0.6 is 11.6 Å². The summed E-state index contributed by atoms with van der Waals surface area (Å²) in [7, 11) is 0. The molecular weight excluding hydrogens is 296 g/mol. The van der Waals surface area contributed by atoms with Crippen LogP contribution in [0.1, 0.15) is 30.6 Å². The van der Waals surface area contributed by atoms with E-state index in [0.29, 0.717) is 17.7 Å². The van der Waals surface area contributed by atoms with Crippen LogP contribution in [0.15, 0.2) is 24.3 Å². The molecule has 7 heteroatoms. The number of amides is 2. The maximum Gasteiger partial charge on any atom is 0.432 e. The average Bonchev–Trinajstić information content (AvgIpc) is 2.42. The number of nitrogens with zero attached hydrogens (tertiary/aromatic N) is 1. The SMILES string of the molecule is CC(C)NC(=O)ON1C(=O)c2ccccc2OC1CCCl. The van der Waals surface area contributed by atoms with Crippen molar-refractivity contribution in [2.24, 2.45) is 0 Å². The van der Waals surface area contributed by atoms with E-state index < -0.39 is 18.2 Å². The van der Waals surface area contributed by atoms with Gasteiger partial charge in [-0.1, -0.05) is 12.1 Å². The quantitative estimate of drug-likeness (QED) is 0.867. The van der Waals surface area contributed by atoms with Gasteiger partial charge in [0.1, 0.15) is 5.75 Å². The summed E-state index contributed by atoms with van der Waals surface area (Å²) in [6, 6.07) is 6.70. The number of rotatable bonds is 4. The van der Waals surface area contributed by atoms with Crippen molar-refractivity contribution in [3.63, 3.8) is 0 Å². The summed E-state index contributed by atoms with van der Waals surface area (Å²) in [5, 5.41) is 3.49. The number of hydrogen-bond donors (Lipinski definition) is 1. The molecule has 0 saturated heterocycles. The second-order valence-electron chi connectivity index (χ2n) is 4.86. The van der Waals surface area contributed by atoms with E-state index in [1.807, 2.05) is 0 Å². The van der Waals surface area contributed by atoms with Gasteiger partial charge >= 0.3 is 6.09 Å². The maximum absolute atomic E-state index is 12.4. The molecule has 0 aromatic heterocycles. The topological polar surface area (TPSA) is 67.9 Å². The van der Waals surface area contributed by atoms with E-state index in [4.69, 9.17) is 21.2 Å². The van der Waals surface area contributed by atoms with Gasteiger partial charge in [-0.2, -0.15) is 0 Å². The fraction of sp³-hybridized carbons (Fsp3) is 0.429. The molecule has 1 aromatic rings.